The minimum Gasteiger partial charge on any atom is -0.493 e. The Hall–Kier alpha value is -2.26. The first-order valence-corrected chi connectivity index (χ1v) is 6.73. The fraction of sp³-hybridized carbons (Fsp3) is 0.176. The fourth-order valence-electron chi connectivity index (χ4n) is 2.83. The normalized spacial score (nSPS) is 15.1. The number of furan rings is 1. The highest BCUT2D eigenvalue weighted by Crippen LogP contribution is 2.38. The van der Waals surface area contributed by atoms with Crippen molar-refractivity contribution in [2.45, 2.75) is 12.5 Å². The Morgan fingerprint density at radius 2 is 1.90 bits per heavy atom. The first-order chi connectivity index (χ1) is 9.84. The lowest BCUT2D eigenvalue weighted by molar-refractivity contribution is 0.214. The number of aliphatic hydroxyl groups excluding tert-OH is 1. The van der Waals surface area contributed by atoms with Crippen molar-refractivity contribution in [1.82, 2.24) is 0 Å². The van der Waals surface area contributed by atoms with Crippen molar-refractivity contribution in [3.05, 3.63) is 65.4 Å². The number of fused-ring (bicyclic) bond motifs is 2. The average Bonchev–Trinajstić information content (AvgIpc) is 3.12. The summed E-state index contributed by atoms with van der Waals surface area (Å²) < 4.78 is 11.2. The minimum atomic E-state index is -0.730. The van der Waals surface area contributed by atoms with Gasteiger partial charge in [-0.2, -0.15) is 0 Å². The third-order valence-corrected chi connectivity index (χ3v) is 3.84. The molecule has 2 heterocycles. The summed E-state index contributed by atoms with van der Waals surface area (Å²) in [6.45, 7) is 0.686. The van der Waals surface area contributed by atoms with Crippen molar-refractivity contribution >= 4 is 11.0 Å². The zero-order valence-corrected chi connectivity index (χ0v) is 10.9. The summed E-state index contributed by atoms with van der Waals surface area (Å²) in [6, 6.07) is 13.7. The Morgan fingerprint density at radius 3 is 2.85 bits per heavy atom. The lowest BCUT2D eigenvalue weighted by Gasteiger charge is -2.13. The van der Waals surface area contributed by atoms with Gasteiger partial charge in [0.1, 0.15) is 17.4 Å². The molecule has 1 aliphatic heterocycles. The molecule has 0 fully saturated rings. The smallest absolute Gasteiger partial charge is 0.134 e. The van der Waals surface area contributed by atoms with Gasteiger partial charge in [0.15, 0.2) is 0 Å². The van der Waals surface area contributed by atoms with Crippen LogP contribution in [0.3, 0.4) is 0 Å². The Labute approximate surface area is 116 Å². The number of aliphatic hydroxyl groups is 1. The number of hydrogen-bond donors (Lipinski definition) is 1. The van der Waals surface area contributed by atoms with E-state index < -0.39 is 6.10 Å². The van der Waals surface area contributed by atoms with Crippen molar-refractivity contribution in [2.24, 2.45) is 0 Å². The number of para-hydroxylation sites is 2. The predicted octanol–water partition coefficient (Wildman–Crippen LogP) is 3.45. The molecule has 1 aliphatic rings. The van der Waals surface area contributed by atoms with E-state index >= 15 is 0 Å². The molecule has 1 unspecified atom stereocenters. The van der Waals surface area contributed by atoms with Crippen LogP contribution in [0.15, 0.2) is 53.1 Å². The van der Waals surface area contributed by atoms with Gasteiger partial charge in [0.05, 0.1) is 12.9 Å². The molecule has 3 heteroatoms. The molecule has 3 aromatic rings. The summed E-state index contributed by atoms with van der Waals surface area (Å²) in [7, 11) is 0. The second kappa shape index (κ2) is 4.39. The van der Waals surface area contributed by atoms with Crippen molar-refractivity contribution < 1.29 is 14.3 Å². The molecule has 0 spiro atoms. The molecule has 4 rings (SSSR count). The van der Waals surface area contributed by atoms with Gasteiger partial charge in [0.2, 0.25) is 0 Å². The van der Waals surface area contributed by atoms with Crippen LogP contribution in [-0.4, -0.2) is 11.7 Å². The van der Waals surface area contributed by atoms with E-state index in [4.69, 9.17) is 9.15 Å². The third kappa shape index (κ3) is 1.63. The van der Waals surface area contributed by atoms with Gasteiger partial charge in [-0.15, -0.1) is 0 Å². The van der Waals surface area contributed by atoms with E-state index in [9.17, 15) is 5.11 Å². The largest absolute Gasteiger partial charge is 0.493 e. The number of benzene rings is 2. The van der Waals surface area contributed by atoms with Crippen LogP contribution in [-0.2, 0) is 6.42 Å². The van der Waals surface area contributed by atoms with E-state index in [-0.39, 0.29) is 0 Å². The van der Waals surface area contributed by atoms with Gasteiger partial charge in [0.25, 0.3) is 0 Å². The molecule has 0 aliphatic carbocycles. The standard InChI is InChI=1S/C17H14O3/c18-16(13-6-3-4-11-8-9-19-17(11)13)14-10-20-15-7-2-1-5-12(14)15/h1-7,10,16,18H,8-9H2. The number of hydrogen-bond acceptors (Lipinski definition) is 3. The van der Waals surface area contributed by atoms with Crippen molar-refractivity contribution in [3.63, 3.8) is 0 Å². The quantitative estimate of drug-likeness (QED) is 0.772. The van der Waals surface area contributed by atoms with Gasteiger partial charge >= 0.3 is 0 Å². The highest BCUT2D eigenvalue weighted by atomic mass is 16.5. The molecule has 0 radical (unpaired) electrons. The molecule has 100 valence electrons. The molecular weight excluding hydrogens is 252 g/mol. The van der Waals surface area contributed by atoms with Crippen molar-refractivity contribution in [3.8, 4) is 5.75 Å². The molecule has 0 saturated heterocycles. The molecule has 1 atom stereocenters. The monoisotopic (exact) mass is 266 g/mol. The summed E-state index contributed by atoms with van der Waals surface area (Å²) in [4.78, 5) is 0. The molecular formula is C17H14O3. The number of rotatable bonds is 2. The predicted molar refractivity (Wildman–Crippen MR) is 75.9 cm³/mol. The van der Waals surface area contributed by atoms with Crippen LogP contribution in [0.25, 0.3) is 11.0 Å². The lowest BCUT2D eigenvalue weighted by Crippen LogP contribution is -2.01. The van der Waals surface area contributed by atoms with Gasteiger partial charge < -0.3 is 14.3 Å². The van der Waals surface area contributed by atoms with E-state index in [2.05, 4.69) is 0 Å². The van der Waals surface area contributed by atoms with E-state index in [1.54, 1.807) is 6.26 Å². The fourth-order valence-corrected chi connectivity index (χ4v) is 2.83. The maximum absolute atomic E-state index is 10.7. The Morgan fingerprint density at radius 1 is 1.00 bits per heavy atom. The number of ether oxygens (including phenoxy) is 1. The van der Waals surface area contributed by atoms with Gasteiger partial charge in [0, 0.05) is 22.9 Å². The van der Waals surface area contributed by atoms with Crippen molar-refractivity contribution in [2.75, 3.05) is 6.61 Å². The van der Waals surface area contributed by atoms with Crippen LogP contribution in [0.2, 0.25) is 0 Å². The summed E-state index contributed by atoms with van der Waals surface area (Å²) in [5, 5.41) is 11.6. The van der Waals surface area contributed by atoms with Gasteiger partial charge in [-0.25, -0.2) is 0 Å². The average molecular weight is 266 g/mol. The molecule has 0 bridgehead atoms. The van der Waals surface area contributed by atoms with Crippen LogP contribution in [0.1, 0.15) is 22.8 Å². The first kappa shape index (κ1) is 11.6. The second-order valence-electron chi connectivity index (χ2n) is 5.02. The SMILES string of the molecule is OC(c1cccc2c1OCC2)c1coc2ccccc12. The summed E-state index contributed by atoms with van der Waals surface area (Å²) >= 11 is 0. The van der Waals surface area contributed by atoms with Crippen LogP contribution in [0.5, 0.6) is 5.75 Å². The zero-order valence-electron chi connectivity index (χ0n) is 10.9. The topological polar surface area (TPSA) is 42.6 Å². The van der Waals surface area contributed by atoms with Gasteiger partial charge in [-0.1, -0.05) is 36.4 Å². The van der Waals surface area contributed by atoms with Crippen LogP contribution in [0, 0.1) is 0 Å². The molecule has 0 amide bonds. The summed E-state index contributed by atoms with van der Waals surface area (Å²) in [6.07, 6.45) is 1.80. The van der Waals surface area contributed by atoms with Crippen LogP contribution in [0.4, 0.5) is 0 Å². The summed E-state index contributed by atoms with van der Waals surface area (Å²) in [5.74, 6) is 0.824. The maximum atomic E-state index is 10.7. The molecule has 1 aromatic heterocycles. The van der Waals surface area contributed by atoms with Gasteiger partial charge in [-0.3, -0.25) is 0 Å². The van der Waals surface area contributed by atoms with E-state index in [0.717, 1.165) is 39.8 Å². The lowest BCUT2D eigenvalue weighted by atomic mass is 9.98. The Kier molecular flexibility index (Phi) is 2.54. The van der Waals surface area contributed by atoms with E-state index in [1.165, 1.54) is 0 Å². The Bertz CT molecular complexity index is 773. The van der Waals surface area contributed by atoms with E-state index in [1.807, 2.05) is 42.5 Å². The van der Waals surface area contributed by atoms with Gasteiger partial charge in [-0.05, 0) is 11.6 Å². The van der Waals surface area contributed by atoms with Crippen LogP contribution >= 0.6 is 0 Å². The van der Waals surface area contributed by atoms with E-state index in [0.29, 0.717) is 6.61 Å². The zero-order chi connectivity index (χ0) is 13.5. The Balaban J connectivity index is 1.85. The minimum absolute atomic E-state index is 0.686. The first-order valence-electron chi connectivity index (χ1n) is 6.73. The van der Waals surface area contributed by atoms with Crippen LogP contribution < -0.4 is 4.74 Å². The molecule has 2 aromatic carbocycles. The third-order valence-electron chi connectivity index (χ3n) is 3.84. The summed E-state index contributed by atoms with van der Waals surface area (Å²) in [5.41, 5.74) is 3.54. The molecule has 20 heavy (non-hydrogen) atoms. The molecule has 1 N–H and O–H groups in total. The molecule has 3 nitrogen and oxygen atoms in total. The molecule has 0 saturated carbocycles. The second-order valence-corrected chi connectivity index (χ2v) is 5.02. The maximum Gasteiger partial charge on any atom is 0.134 e. The van der Waals surface area contributed by atoms with Crippen molar-refractivity contribution in [1.29, 1.82) is 0 Å². The highest BCUT2D eigenvalue weighted by molar-refractivity contribution is 5.81. The highest BCUT2D eigenvalue weighted by Gasteiger charge is 2.24.